The molecular formula is C17H21N5O4. The number of aryl methyl sites for hydroxylation is 2. The third-order valence-corrected chi connectivity index (χ3v) is 4.30. The fourth-order valence-electron chi connectivity index (χ4n) is 2.82. The van der Waals surface area contributed by atoms with Gasteiger partial charge in [-0.05, 0) is 18.6 Å². The van der Waals surface area contributed by atoms with Gasteiger partial charge in [0.2, 0.25) is 5.95 Å². The van der Waals surface area contributed by atoms with E-state index < -0.39 is 17.4 Å². The summed E-state index contributed by atoms with van der Waals surface area (Å²) in [6.45, 7) is 1.95. The monoisotopic (exact) mass is 359 g/mol. The van der Waals surface area contributed by atoms with Crippen LogP contribution in [0.15, 0.2) is 33.9 Å². The lowest BCUT2D eigenvalue weighted by Gasteiger charge is -2.15. The number of nitrogens with two attached hydrogens (primary N) is 1. The van der Waals surface area contributed by atoms with Crippen LogP contribution in [0.25, 0.3) is 11.2 Å². The van der Waals surface area contributed by atoms with Crippen LogP contribution in [0.2, 0.25) is 0 Å². The van der Waals surface area contributed by atoms with E-state index >= 15 is 0 Å². The Morgan fingerprint density at radius 2 is 1.92 bits per heavy atom. The van der Waals surface area contributed by atoms with E-state index in [0.717, 1.165) is 10.1 Å². The first-order chi connectivity index (χ1) is 12.3. The zero-order valence-corrected chi connectivity index (χ0v) is 14.8. The second kappa shape index (κ2) is 6.68. The number of nitrogen functional groups attached to an aromatic ring is 1. The van der Waals surface area contributed by atoms with Crippen molar-refractivity contribution in [2.24, 2.45) is 14.1 Å². The Bertz CT molecular complexity index is 1080. The van der Waals surface area contributed by atoms with E-state index in [1.54, 1.807) is 0 Å². The first kappa shape index (κ1) is 17.7. The molecule has 2 aromatic heterocycles. The number of fused-ring (bicyclic) bond motifs is 1. The Kier molecular flexibility index (Phi) is 4.56. The number of hydrogen-bond acceptors (Lipinski definition) is 6. The predicted molar refractivity (Wildman–Crippen MR) is 97.3 cm³/mol. The predicted octanol–water partition coefficient (Wildman–Crippen LogP) is -0.236. The molecule has 3 rings (SSSR count). The van der Waals surface area contributed by atoms with Gasteiger partial charge in [0.25, 0.3) is 5.56 Å². The maximum absolute atomic E-state index is 12.5. The van der Waals surface area contributed by atoms with E-state index in [0.29, 0.717) is 5.75 Å². The topological polar surface area (TPSA) is 117 Å². The van der Waals surface area contributed by atoms with Gasteiger partial charge in [0.1, 0.15) is 18.5 Å². The minimum Gasteiger partial charge on any atom is -0.491 e. The lowest BCUT2D eigenvalue weighted by atomic mass is 10.2. The van der Waals surface area contributed by atoms with Crippen molar-refractivity contribution >= 4 is 17.1 Å². The zero-order chi connectivity index (χ0) is 19.0. The van der Waals surface area contributed by atoms with E-state index in [-0.39, 0.29) is 30.3 Å². The molecule has 0 amide bonds. The van der Waals surface area contributed by atoms with Crippen molar-refractivity contribution in [1.82, 2.24) is 18.7 Å². The molecule has 1 atom stereocenters. The van der Waals surface area contributed by atoms with Crippen LogP contribution in [-0.2, 0) is 20.6 Å². The van der Waals surface area contributed by atoms with Gasteiger partial charge in [0.15, 0.2) is 11.2 Å². The van der Waals surface area contributed by atoms with Crippen LogP contribution in [0.1, 0.15) is 5.56 Å². The fraction of sp³-hybridized carbons (Fsp3) is 0.353. The number of nitrogens with zero attached hydrogens (tertiary/aromatic N) is 4. The SMILES string of the molecule is Cc1ccccc1OC[C@@H](O)Cn1c(N)nc2c1c(=O)n(C)c(=O)n2C. The Morgan fingerprint density at radius 1 is 1.23 bits per heavy atom. The number of aliphatic hydroxyl groups is 1. The second-order valence-corrected chi connectivity index (χ2v) is 6.19. The second-order valence-electron chi connectivity index (χ2n) is 6.19. The number of anilines is 1. The van der Waals surface area contributed by atoms with Gasteiger partial charge in [0, 0.05) is 14.1 Å². The Balaban J connectivity index is 1.89. The highest BCUT2D eigenvalue weighted by atomic mass is 16.5. The molecule has 1 aromatic carbocycles. The molecule has 9 heteroatoms. The number of aromatic nitrogens is 4. The molecule has 3 aromatic rings. The van der Waals surface area contributed by atoms with Crippen LogP contribution in [0.3, 0.4) is 0 Å². The molecule has 0 aliphatic carbocycles. The molecule has 26 heavy (non-hydrogen) atoms. The highest BCUT2D eigenvalue weighted by molar-refractivity contribution is 5.73. The number of ether oxygens (including phenoxy) is 1. The maximum Gasteiger partial charge on any atom is 0.332 e. The summed E-state index contributed by atoms with van der Waals surface area (Å²) in [5.41, 5.74) is 6.21. The molecule has 2 heterocycles. The summed E-state index contributed by atoms with van der Waals surface area (Å²) in [6, 6.07) is 7.47. The maximum atomic E-state index is 12.5. The molecule has 138 valence electrons. The minimum atomic E-state index is -0.920. The number of hydrogen-bond donors (Lipinski definition) is 2. The highest BCUT2D eigenvalue weighted by Crippen LogP contribution is 2.17. The van der Waals surface area contributed by atoms with Crippen molar-refractivity contribution in [3.63, 3.8) is 0 Å². The molecule has 0 unspecified atom stereocenters. The molecule has 0 spiro atoms. The van der Waals surface area contributed by atoms with E-state index in [4.69, 9.17) is 10.5 Å². The molecular weight excluding hydrogens is 338 g/mol. The van der Waals surface area contributed by atoms with Crippen LogP contribution in [-0.4, -0.2) is 36.5 Å². The van der Waals surface area contributed by atoms with Gasteiger partial charge in [-0.3, -0.25) is 13.9 Å². The molecule has 0 saturated carbocycles. The summed E-state index contributed by atoms with van der Waals surface area (Å²) >= 11 is 0. The molecule has 0 aliphatic heterocycles. The summed E-state index contributed by atoms with van der Waals surface area (Å²) in [4.78, 5) is 28.6. The molecule has 0 bridgehead atoms. The Morgan fingerprint density at radius 3 is 2.62 bits per heavy atom. The van der Waals surface area contributed by atoms with Crippen LogP contribution in [0.4, 0.5) is 5.95 Å². The third-order valence-electron chi connectivity index (χ3n) is 4.30. The van der Waals surface area contributed by atoms with Gasteiger partial charge in [-0.15, -0.1) is 0 Å². The summed E-state index contributed by atoms with van der Waals surface area (Å²) in [5.74, 6) is 0.724. The standard InChI is InChI=1S/C17H21N5O4/c1-10-6-4-5-7-12(10)26-9-11(23)8-22-13-14(19-16(22)18)20(2)17(25)21(3)15(13)24/h4-7,11,23H,8-9H2,1-3H3,(H2,18,19)/t11-/m0/s1. The van der Waals surface area contributed by atoms with Crippen molar-refractivity contribution in [2.75, 3.05) is 12.3 Å². The van der Waals surface area contributed by atoms with Crippen LogP contribution in [0.5, 0.6) is 5.75 Å². The van der Waals surface area contributed by atoms with Crippen LogP contribution >= 0.6 is 0 Å². The van der Waals surface area contributed by atoms with Crippen molar-refractivity contribution < 1.29 is 9.84 Å². The van der Waals surface area contributed by atoms with Gasteiger partial charge >= 0.3 is 5.69 Å². The Hall–Kier alpha value is -3.07. The van der Waals surface area contributed by atoms with Crippen molar-refractivity contribution in [3.05, 3.63) is 50.7 Å². The largest absolute Gasteiger partial charge is 0.491 e. The van der Waals surface area contributed by atoms with Gasteiger partial charge < -0.3 is 20.1 Å². The summed E-state index contributed by atoms with van der Waals surface area (Å²) in [6.07, 6.45) is -0.920. The third kappa shape index (κ3) is 2.97. The van der Waals surface area contributed by atoms with Crippen LogP contribution < -0.4 is 21.7 Å². The molecule has 0 fully saturated rings. The molecule has 3 N–H and O–H groups in total. The fourth-order valence-corrected chi connectivity index (χ4v) is 2.82. The smallest absolute Gasteiger partial charge is 0.332 e. The zero-order valence-electron chi connectivity index (χ0n) is 14.8. The van der Waals surface area contributed by atoms with Gasteiger partial charge in [-0.25, -0.2) is 4.79 Å². The summed E-state index contributed by atoms with van der Waals surface area (Å²) in [7, 11) is 2.90. The number of imidazole rings is 1. The van der Waals surface area contributed by atoms with E-state index in [1.165, 1.54) is 23.2 Å². The number of aliphatic hydroxyl groups excluding tert-OH is 1. The van der Waals surface area contributed by atoms with E-state index in [9.17, 15) is 14.7 Å². The molecule has 0 saturated heterocycles. The van der Waals surface area contributed by atoms with E-state index in [1.807, 2.05) is 31.2 Å². The minimum absolute atomic E-state index is 0.0155. The van der Waals surface area contributed by atoms with Gasteiger partial charge in [-0.2, -0.15) is 4.98 Å². The average Bonchev–Trinajstić information content (AvgIpc) is 2.94. The Labute approximate surface area is 148 Å². The number of para-hydroxylation sites is 1. The average molecular weight is 359 g/mol. The number of benzene rings is 1. The normalized spacial score (nSPS) is 12.5. The summed E-state index contributed by atoms with van der Waals surface area (Å²) < 4.78 is 9.27. The van der Waals surface area contributed by atoms with Gasteiger partial charge in [0.05, 0.1) is 6.54 Å². The molecule has 0 aliphatic rings. The highest BCUT2D eigenvalue weighted by Gasteiger charge is 2.19. The van der Waals surface area contributed by atoms with Crippen molar-refractivity contribution in [3.8, 4) is 5.75 Å². The van der Waals surface area contributed by atoms with Crippen molar-refractivity contribution in [1.29, 1.82) is 0 Å². The molecule has 0 radical (unpaired) electrons. The van der Waals surface area contributed by atoms with Gasteiger partial charge in [-0.1, -0.05) is 18.2 Å². The summed E-state index contributed by atoms with van der Waals surface area (Å²) in [5, 5.41) is 10.3. The molecule has 9 nitrogen and oxygen atoms in total. The quantitative estimate of drug-likeness (QED) is 0.649. The first-order valence-corrected chi connectivity index (χ1v) is 8.09. The van der Waals surface area contributed by atoms with Crippen molar-refractivity contribution in [2.45, 2.75) is 19.6 Å². The number of rotatable bonds is 5. The van der Waals surface area contributed by atoms with E-state index in [2.05, 4.69) is 4.98 Å². The lowest BCUT2D eigenvalue weighted by Crippen LogP contribution is -2.38. The van der Waals surface area contributed by atoms with Crippen LogP contribution in [0, 0.1) is 6.92 Å². The first-order valence-electron chi connectivity index (χ1n) is 8.09. The lowest BCUT2D eigenvalue weighted by molar-refractivity contribution is 0.0935.